The van der Waals surface area contributed by atoms with Gasteiger partial charge in [-0.25, -0.2) is 0 Å². The number of rotatable bonds is 5. The molecule has 5 nitrogen and oxygen atoms in total. The summed E-state index contributed by atoms with van der Waals surface area (Å²) in [5.74, 6) is 1.26. The zero-order valence-corrected chi connectivity index (χ0v) is 12.7. The SMILES string of the molecule is O=C(NCCNc1nsc2ccccc12)C1CCNCC1. The first-order valence-corrected chi connectivity index (χ1v) is 8.18. The van der Waals surface area contributed by atoms with Gasteiger partial charge in [-0.15, -0.1) is 0 Å². The van der Waals surface area contributed by atoms with Crippen LogP contribution in [0.3, 0.4) is 0 Å². The third kappa shape index (κ3) is 3.51. The normalized spacial score (nSPS) is 16.0. The molecule has 1 aliphatic heterocycles. The number of carbonyl (C=O) groups excluding carboxylic acids is 1. The Morgan fingerprint density at radius 2 is 2.10 bits per heavy atom. The van der Waals surface area contributed by atoms with Gasteiger partial charge in [0.1, 0.15) is 5.82 Å². The first-order valence-electron chi connectivity index (χ1n) is 7.41. The quantitative estimate of drug-likeness (QED) is 0.737. The van der Waals surface area contributed by atoms with Crippen LogP contribution in [0.1, 0.15) is 12.8 Å². The molecule has 1 aromatic carbocycles. The van der Waals surface area contributed by atoms with Crippen molar-refractivity contribution < 1.29 is 4.79 Å². The number of fused-ring (bicyclic) bond motifs is 1. The topological polar surface area (TPSA) is 66.0 Å². The van der Waals surface area contributed by atoms with E-state index in [-0.39, 0.29) is 11.8 Å². The van der Waals surface area contributed by atoms with Crippen molar-refractivity contribution in [2.24, 2.45) is 5.92 Å². The zero-order chi connectivity index (χ0) is 14.5. The predicted octanol–water partition coefficient (Wildman–Crippen LogP) is 1.82. The fourth-order valence-electron chi connectivity index (χ4n) is 2.61. The summed E-state index contributed by atoms with van der Waals surface area (Å²) in [6, 6.07) is 8.16. The number of amides is 1. The van der Waals surface area contributed by atoms with Gasteiger partial charge in [0.15, 0.2) is 0 Å². The van der Waals surface area contributed by atoms with E-state index in [0.717, 1.165) is 37.1 Å². The molecular weight excluding hydrogens is 284 g/mol. The lowest BCUT2D eigenvalue weighted by Crippen LogP contribution is -2.39. The third-order valence-electron chi connectivity index (χ3n) is 3.80. The van der Waals surface area contributed by atoms with Crippen molar-refractivity contribution in [3.63, 3.8) is 0 Å². The van der Waals surface area contributed by atoms with Crippen molar-refractivity contribution >= 4 is 33.3 Å². The van der Waals surface area contributed by atoms with E-state index < -0.39 is 0 Å². The van der Waals surface area contributed by atoms with Gasteiger partial charge in [-0.1, -0.05) is 12.1 Å². The van der Waals surface area contributed by atoms with E-state index in [1.807, 2.05) is 12.1 Å². The fourth-order valence-corrected chi connectivity index (χ4v) is 3.36. The summed E-state index contributed by atoms with van der Waals surface area (Å²) in [6.07, 6.45) is 1.88. The molecule has 6 heteroatoms. The molecule has 0 aliphatic carbocycles. The number of hydrogen-bond donors (Lipinski definition) is 3. The average Bonchev–Trinajstić information content (AvgIpc) is 2.95. The first-order chi connectivity index (χ1) is 10.3. The molecule has 3 N–H and O–H groups in total. The Balaban J connectivity index is 1.44. The first kappa shape index (κ1) is 14.3. The lowest BCUT2D eigenvalue weighted by atomic mass is 9.97. The van der Waals surface area contributed by atoms with Crippen LogP contribution in [0, 0.1) is 5.92 Å². The van der Waals surface area contributed by atoms with Crippen molar-refractivity contribution in [3.8, 4) is 0 Å². The number of anilines is 1. The minimum absolute atomic E-state index is 0.173. The van der Waals surface area contributed by atoms with Crippen LogP contribution in [0.4, 0.5) is 5.82 Å². The number of benzene rings is 1. The maximum absolute atomic E-state index is 12.0. The number of nitrogens with one attached hydrogen (secondary N) is 3. The molecule has 2 heterocycles. The molecule has 0 spiro atoms. The summed E-state index contributed by atoms with van der Waals surface area (Å²) in [5.41, 5.74) is 0. The standard InChI is InChI=1S/C15H20N4OS/c20-15(11-5-7-16-8-6-11)18-10-9-17-14-12-3-1-2-4-13(12)21-19-14/h1-4,11,16H,5-10H2,(H,17,19)(H,18,20). The third-order valence-corrected chi connectivity index (χ3v) is 4.63. The van der Waals surface area contributed by atoms with Gasteiger partial charge in [-0.2, -0.15) is 4.37 Å². The fraction of sp³-hybridized carbons (Fsp3) is 0.467. The molecule has 0 bridgehead atoms. The number of aromatic nitrogens is 1. The monoisotopic (exact) mass is 304 g/mol. The van der Waals surface area contributed by atoms with Gasteiger partial charge in [0.25, 0.3) is 0 Å². The highest BCUT2D eigenvalue weighted by molar-refractivity contribution is 7.13. The summed E-state index contributed by atoms with van der Waals surface area (Å²) in [7, 11) is 0. The van der Waals surface area contributed by atoms with Crippen LogP contribution in [-0.4, -0.2) is 36.5 Å². The summed E-state index contributed by atoms with van der Waals surface area (Å²) in [6.45, 7) is 3.22. The predicted molar refractivity (Wildman–Crippen MR) is 86.7 cm³/mol. The molecule has 21 heavy (non-hydrogen) atoms. The van der Waals surface area contributed by atoms with E-state index in [4.69, 9.17) is 0 Å². The Kier molecular flexibility index (Phi) is 4.67. The number of nitrogens with zero attached hydrogens (tertiary/aromatic N) is 1. The summed E-state index contributed by atoms with van der Waals surface area (Å²) in [5, 5.41) is 10.7. The van der Waals surface area contributed by atoms with Crippen molar-refractivity contribution in [2.75, 3.05) is 31.5 Å². The molecule has 1 saturated heterocycles. The molecule has 0 radical (unpaired) electrons. The highest BCUT2D eigenvalue weighted by atomic mass is 32.1. The Hall–Kier alpha value is -1.66. The van der Waals surface area contributed by atoms with Crippen LogP contribution in [0.2, 0.25) is 0 Å². The summed E-state index contributed by atoms with van der Waals surface area (Å²) < 4.78 is 5.59. The molecule has 1 amide bonds. The lowest BCUT2D eigenvalue weighted by molar-refractivity contribution is -0.125. The molecule has 1 aliphatic rings. The van der Waals surface area contributed by atoms with Crippen LogP contribution in [0.25, 0.3) is 10.1 Å². The second-order valence-corrected chi connectivity index (χ2v) is 6.07. The molecule has 1 aromatic heterocycles. The van der Waals surface area contributed by atoms with Crippen LogP contribution in [0.5, 0.6) is 0 Å². The van der Waals surface area contributed by atoms with Gasteiger partial charge in [-0.3, -0.25) is 4.79 Å². The van der Waals surface area contributed by atoms with E-state index in [0.29, 0.717) is 13.1 Å². The van der Waals surface area contributed by atoms with Gasteiger partial charge >= 0.3 is 0 Å². The van der Waals surface area contributed by atoms with Crippen LogP contribution in [0.15, 0.2) is 24.3 Å². The molecule has 0 unspecified atom stereocenters. The molecule has 0 saturated carbocycles. The minimum atomic E-state index is 0.173. The molecular formula is C15H20N4OS. The van der Waals surface area contributed by atoms with E-state index in [2.05, 4.69) is 32.5 Å². The number of piperidine rings is 1. The average molecular weight is 304 g/mol. The van der Waals surface area contributed by atoms with E-state index >= 15 is 0 Å². The van der Waals surface area contributed by atoms with Gasteiger partial charge in [0.2, 0.25) is 5.91 Å². The lowest BCUT2D eigenvalue weighted by Gasteiger charge is -2.21. The Morgan fingerprint density at radius 3 is 2.95 bits per heavy atom. The Labute approximate surface area is 128 Å². The molecule has 2 aromatic rings. The Morgan fingerprint density at radius 1 is 1.29 bits per heavy atom. The van der Waals surface area contributed by atoms with Crippen molar-refractivity contribution in [1.82, 2.24) is 15.0 Å². The zero-order valence-electron chi connectivity index (χ0n) is 11.9. The molecule has 3 rings (SSSR count). The maximum Gasteiger partial charge on any atom is 0.223 e. The van der Waals surface area contributed by atoms with Crippen molar-refractivity contribution in [3.05, 3.63) is 24.3 Å². The maximum atomic E-state index is 12.0. The molecule has 1 fully saturated rings. The van der Waals surface area contributed by atoms with Crippen molar-refractivity contribution in [1.29, 1.82) is 0 Å². The van der Waals surface area contributed by atoms with Crippen LogP contribution >= 0.6 is 11.5 Å². The van der Waals surface area contributed by atoms with E-state index in [1.54, 1.807) is 0 Å². The largest absolute Gasteiger partial charge is 0.367 e. The highest BCUT2D eigenvalue weighted by Crippen LogP contribution is 2.25. The van der Waals surface area contributed by atoms with E-state index in [1.165, 1.54) is 16.2 Å². The molecule has 0 atom stereocenters. The Bertz CT molecular complexity index is 606. The smallest absolute Gasteiger partial charge is 0.223 e. The molecule has 112 valence electrons. The number of carbonyl (C=O) groups is 1. The van der Waals surface area contributed by atoms with Gasteiger partial charge in [0, 0.05) is 24.4 Å². The van der Waals surface area contributed by atoms with E-state index in [9.17, 15) is 4.79 Å². The summed E-state index contributed by atoms with van der Waals surface area (Å²) >= 11 is 1.49. The minimum Gasteiger partial charge on any atom is -0.367 e. The van der Waals surface area contributed by atoms with Gasteiger partial charge in [-0.05, 0) is 49.6 Å². The van der Waals surface area contributed by atoms with Crippen LogP contribution in [-0.2, 0) is 4.79 Å². The number of hydrogen-bond acceptors (Lipinski definition) is 5. The summed E-state index contributed by atoms with van der Waals surface area (Å²) in [4.78, 5) is 12.0. The second kappa shape index (κ2) is 6.87. The highest BCUT2D eigenvalue weighted by Gasteiger charge is 2.20. The van der Waals surface area contributed by atoms with Crippen molar-refractivity contribution in [2.45, 2.75) is 12.8 Å². The second-order valence-electron chi connectivity index (χ2n) is 5.27. The van der Waals surface area contributed by atoms with Gasteiger partial charge < -0.3 is 16.0 Å². The van der Waals surface area contributed by atoms with Gasteiger partial charge in [0.05, 0.1) is 4.70 Å². The van der Waals surface area contributed by atoms with Crippen LogP contribution < -0.4 is 16.0 Å².